The zero-order chi connectivity index (χ0) is 13.0. The fraction of sp³-hybridized carbons (Fsp3) is 0.714. The van der Waals surface area contributed by atoms with Crippen LogP contribution in [0.4, 0.5) is 0 Å². The van der Waals surface area contributed by atoms with Gasteiger partial charge in [-0.25, -0.2) is 0 Å². The number of carbonyl (C=O) groups excluding carboxylic acids is 1. The molecule has 0 radical (unpaired) electrons. The summed E-state index contributed by atoms with van der Waals surface area (Å²) in [7, 11) is 0. The van der Waals surface area contributed by atoms with Gasteiger partial charge < -0.3 is 9.84 Å². The molecule has 18 heavy (non-hydrogen) atoms. The van der Waals surface area contributed by atoms with Crippen molar-refractivity contribution in [2.24, 2.45) is 0 Å². The van der Waals surface area contributed by atoms with Crippen LogP contribution in [0.5, 0.6) is 0 Å². The van der Waals surface area contributed by atoms with Crippen molar-refractivity contribution in [3.05, 3.63) is 17.5 Å². The number of rotatable bonds is 7. The number of nitrogens with zero attached hydrogens (tertiary/aromatic N) is 1. The van der Waals surface area contributed by atoms with E-state index in [-0.39, 0.29) is 11.9 Å². The Morgan fingerprint density at radius 2 is 2.11 bits per heavy atom. The Morgan fingerprint density at radius 3 is 2.67 bits per heavy atom. The van der Waals surface area contributed by atoms with Gasteiger partial charge in [-0.05, 0) is 25.7 Å². The first kappa shape index (κ1) is 13.1. The molecule has 0 bridgehead atoms. The molecule has 0 atom stereocenters. The largest absolute Gasteiger partial charge is 0.360 e. The van der Waals surface area contributed by atoms with Crippen LogP contribution in [0.3, 0.4) is 0 Å². The first-order valence-electron chi connectivity index (χ1n) is 7.02. The Hall–Kier alpha value is -1.32. The summed E-state index contributed by atoms with van der Waals surface area (Å²) < 4.78 is 5.20. The van der Waals surface area contributed by atoms with Crippen molar-refractivity contribution in [3.8, 4) is 0 Å². The third kappa shape index (κ3) is 3.34. The maximum atomic E-state index is 12.0. The van der Waals surface area contributed by atoms with Crippen LogP contribution in [0.15, 0.2) is 10.6 Å². The van der Waals surface area contributed by atoms with E-state index in [1.165, 1.54) is 0 Å². The molecule has 0 aromatic carbocycles. The van der Waals surface area contributed by atoms with Gasteiger partial charge in [0.15, 0.2) is 5.69 Å². The van der Waals surface area contributed by atoms with Gasteiger partial charge in [0, 0.05) is 18.0 Å². The molecule has 0 spiro atoms. The van der Waals surface area contributed by atoms with E-state index in [1.54, 1.807) is 6.07 Å². The van der Waals surface area contributed by atoms with Crippen molar-refractivity contribution in [1.82, 2.24) is 10.5 Å². The molecule has 4 heteroatoms. The smallest absolute Gasteiger partial charge is 0.273 e. The Kier molecular flexibility index (Phi) is 4.39. The van der Waals surface area contributed by atoms with Gasteiger partial charge >= 0.3 is 0 Å². The molecule has 1 aromatic rings. The Bertz CT molecular complexity index is 390. The van der Waals surface area contributed by atoms with Crippen LogP contribution in [0.25, 0.3) is 0 Å². The maximum Gasteiger partial charge on any atom is 0.273 e. The van der Waals surface area contributed by atoms with Gasteiger partial charge in [0.2, 0.25) is 0 Å². The molecular formula is C14H22N2O2. The summed E-state index contributed by atoms with van der Waals surface area (Å²) in [4.78, 5) is 12.0. The molecule has 1 heterocycles. The zero-order valence-electron chi connectivity index (χ0n) is 11.2. The van der Waals surface area contributed by atoms with Gasteiger partial charge in [-0.2, -0.15) is 0 Å². The number of nitrogens with one attached hydrogen (secondary N) is 1. The van der Waals surface area contributed by atoms with Gasteiger partial charge in [0.25, 0.3) is 5.91 Å². The second-order valence-electron chi connectivity index (χ2n) is 5.14. The van der Waals surface area contributed by atoms with E-state index in [1.807, 2.05) is 0 Å². The summed E-state index contributed by atoms with van der Waals surface area (Å²) in [6.45, 7) is 4.27. The van der Waals surface area contributed by atoms with E-state index in [0.717, 1.165) is 44.3 Å². The lowest BCUT2D eigenvalue weighted by Crippen LogP contribution is -2.34. The standard InChI is InChI=1S/C14H22N2O2/c1-3-5-11(6-4-2)15-14(17)12-9-13(18-16-12)10-7-8-10/h9-11H,3-8H2,1-2H3,(H,15,17). The summed E-state index contributed by atoms with van der Waals surface area (Å²) in [5.41, 5.74) is 0.425. The number of aromatic nitrogens is 1. The second-order valence-corrected chi connectivity index (χ2v) is 5.14. The molecule has 0 unspecified atom stereocenters. The van der Waals surface area contributed by atoms with E-state index in [4.69, 9.17) is 4.52 Å². The Balaban J connectivity index is 1.91. The number of amides is 1. The number of hydrogen-bond acceptors (Lipinski definition) is 3. The van der Waals surface area contributed by atoms with E-state index in [2.05, 4.69) is 24.3 Å². The molecule has 4 nitrogen and oxygen atoms in total. The zero-order valence-corrected chi connectivity index (χ0v) is 11.2. The average molecular weight is 250 g/mol. The van der Waals surface area contributed by atoms with Crippen LogP contribution in [0.2, 0.25) is 0 Å². The third-order valence-corrected chi connectivity index (χ3v) is 3.35. The van der Waals surface area contributed by atoms with Crippen molar-refractivity contribution in [3.63, 3.8) is 0 Å². The average Bonchev–Trinajstić information content (AvgIpc) is 3.07. The fourth-order valence-corrected chi connectivity index (χ4v) is 2.20. The van der Waals surface area contributed by atoms with Crippen LogP contribution in [0.1, 0.15) is 74.5 Å². The highest BCUT2D eigenvalue weighted by atomic mass is 16.5. The molecule has 1 saturated carbocycles. The van der Waals surface area contributed by atoms with Crippen molar-refractivity contribution < 1.29 is 9.32 Å². The molecule has 1 aliphatic rings. The first-order valence-corrected chi connectivity index (χ1v) is 7.02. The van der Waals surface area contributed by atoms with Crippen molar-refractivity contribution >= 4 is 5.91 Å². The van der Waals surface area contributed by atoms with Gasteiger partial charge in [0.05, 0.1) is 0 Å². The number of hydrogen-bond donors (Lipinski definition) is 1. The molecule has 2 rings (SSSR count). The van der Waals surface area contributed by atoms with E-state index in [9.17, 15) is 4.79 Å². The lowest BCUT2D eigenvalue weighted by Gasteiger charge is -2.16. The lowest BCUT2D eigenvalue weighted by atomic mass is 10.1. The van der Waals surface area contributed by atoms with E-state index < -0.39 is 0 Å². The van der Waals surface area contributed by atoms with Crippen LogP contribution >= 0.6 is 0 Å². The third-order valence-electron chi connectivity index (χ3n) is 3.35. The molecule has 0 aliphatic heterocycles. The summed E-state index contributed by atoms with van der Waals surface area (Å²) in [5, 5.41) is 6.91. The molecule has 0 saturated heterocycles. The second kappa shape index (κ2) is 6.03. The fourth-order valence-electron chi connectivity index (χ4n) is 2.20. The minimum Gasteiger partial charge on any atom is -0.360 e. The van der Waals surface area contributed by atoms with Gasteiger partial charge in [-0.3, -0.25) is 4.79 Å². The van der Waals surface area contributed by atoms with Crippen LogP contribution < -0.4 is 5.32 Å². The van der Waals surface area contributed by atoms with Crippen molar-refractivity contribution in [2.75, 3.05) is 0 Å². The number of carbonyl (C=O) groups is 1. The van der Waals surface area contributed by atoms with E-state index in [0.29, 0.717) is 11.6 Å². The quantitative estimate of drug-likeness (QED) is 0.808. The maximum absolute atomic E-state index is 12.0. The minimum atomic E-state index is -0.0995. The molecule has 1 aromatic heterocycles. The molecule has 1 N–H and O–H groups in total. The predicted molar refractivity (Wildman–Crippen MR) is 69.5 cm³/mol. The van der Waals surface area contributed by atoms with Gasteiger partial charge in [0.1, 0.15) is 5.76 Å². The highest BCUT2D eigenvalue weighted by Gasteiger charge is 2.29. The lowest BCUT2D eigenvalue weighted by molar-refractivity contribution is 0.0923. The van der Waals surface area contributed by atoms with Crippen LogP contribution in [-0.4, -0.2) is 17.1 Å². The minimum absolute atomic E-state index is 0.0995. The molecule has 1 aliphatic carbocycles. The normalized spacial score (nSPS) is 15.1. The first-order chi connectivity index (χ1) is 8.74. The predicted octanol–water partition coefficient (Wildman–Crippen LogP) is 3.25. The molecule has 1 amide bonds. The highest BCUT2D eigenvalue weighted by Crippen LogP contribution is 2.40. The summed E-state index contributed by atoms with van der Waals surface area (Å²) >= 11 is 0. The molecule has 1 fully saturated rings. The van der Waals surface area contributed by atoms with Crippen molar-refractivity contribution in [2.45, 2.75) is 64.3 Å². The Labute approximate surface area is 108 Å². The van der Waals surface area contributed by atoms with Gasteiger partial charge in [-0.15, -0.1) is 0 Å². The SMILES string of the molecule is CCCC(CCC)NC(=O)c1cc(C2CC2)on1. The van der Waals surface area contributed by atoms with Crippen LogP contribution in [0, 0.1) is 0 Å². The Morgan fingerprint density at radius 1 is 1.44 bits per heavy atom. The molecular weight excluding hydrogens is 228 g/mol. The van der Waals surface area contributed by atoms with E-state index >= 15 is 0 Å². The van der Waals surface area contributed by atoms with Crippen molar-refractivity contribution in [1.29, 1.82) is 0 Å². The summed E-state index contributed by atoms with van der Waals surface area (Å²) in [5.74, 6) is 1.27. The topological polar surface area (TPSA) is 55.1 Å². The summed E-state index contributed by atoms with van der Waals surface area (Å²) in [6.07, 6.45) is 6.52. The van der Waals surface area contributed by atoms with Crippen LogP contribution in [-0.2, 0) is 0 Å². The monoisotopic (exact) mass is 250 g/mol. The van der Waals surface area contributed by atoms with Gasteiger partial charge in [-0.1, -0.05) is 31.8 Å². The summed E-state index contributed by atoms with van der Waals surface area (Å²) in [6, 6.07) is 2.05. The highest BCUT2D eigenvalue weighted by molar-refractivity contribution is 5.92. The molecule has 100 valence electrons.